The maximum absolute atomic E-state index is 11.6. The van der Waals surface area contributed by atoms with Gasteiger partial charge in [-0.25, -0.2) is 0 Å². The van der Waals surface area contributed by atoms with Crippen molar-refractivity contribution in [3.05, 3.63) is 0 Å². The van der Waals surface area contributed by atoms with Gasteiger partial charge in [0, 0.05) is 0 Å². The second-order valence-corrected chi connectivity index (χ2v) is 5.12. The molecule has 0 amide bonds. The molecule has 8 heteroatoms. The third kappa shape index (κ3) is 11.4. The molecule has 0 aliphatic rings. The molecule has 0 spiro atoms. The molecule has 0 aliphatic carbocycles. The molecule has 0 aromatic rings. The van der Waals surface area contributed by atoms with Crippen molar-refractivity contribution in [3.8, 4) is 0 Å². The Morgan fingerprint density at radius 2 is 1.00 bits per heavy atom. The maximum atomic E-state index is 11.6. The van der Waals surface area contributed by atoms with Crippen molar-refractivity contribution < 1.29 is 38.1 Å². The molecule has 0 aromatic carbocycles. The van der Waals surface area contributed by atoms with E-state index in [2.05, 4.69) is 0 Å². The molecule has 0 heterocycles. The minimum atomic E-state index is -0.629. The molecule has 8 nitrogen and oxygen atoms in total. The smallest absolute Gasteiger partial charge is 0.309 e. The van der Waals surface area contributed by atoms with Gasteiger partial charge in [0.15, 0.2) is 0 Å². The Morgan fingerprint density at radius 3 is 1.29 bits per heavy atom. The first-order valence-corrected chi connectivity index (χ1v) is 7.98. The van der Waals surface area contributed by atoms with Crippen molar-refractivity contribution in [1.82, 2.24) is 0 Å². The summed E-state index contributed by atoms with van der Waals surface area (Å²) in [6.45, 7) is 7.01. The first-order chi connectivity index (χ1) is 11.3. The highest BCUT2D eigenvalue weighted by atomic mass is 16.6. The first-order valence-electron chi connectivity index (χ1n) is 7.98. The van der Waals surface area contributed by atoms with Crippen LogP contribution in [0.1, 0.15) is 53.4 Å². The van der Waals surface area contributed by atoms with Crippen LogP contribution >= 0.6 is 0 Å². The zero-order valence-electron chi connectivity index (χ0n) is 14.7. The average molecular weight is 346 g/mol. The molecule has 0 N–H and O–H groups in total. The molecule has 0 bridgehead atoms. The molecule has 0 saturated heterocycles. The van der Waals surface area contributed by atoms with E-state index in [1.807, 2.05) is 0 Å². The average Bonchev–Trinajstić information content (AvgIpc) is 2.45. The van der Waals surface area contributed by atoms with E-state index < -0.39 is 36.1 Å². The van der Waals surface area contributed by atoms with E-state index in [4.69, 9.17) is 18.9 Å². The van der Waals surface area contributed by atoms with Crippen LogP contribution in [0, 0.1) is 0 Å². The fourth-order valence-electron chi connectivity index (χ4n) is 1.76. The standard InChI is InChI=1S/C16H26O8/c1-5-21-15(19)9-11(3)23-13(17)7-8-14(18)24-12(4)10-16(20)22-6-2/h11-12H,5-10H2,1-4H3. The lowest BCUT2D eigenvalue weighted by Crippen LogP contribution is -2.22. The number of esters is 4. The summed E-state index contributed by atoms with van der Waals surface area (Å²) in [6.07, 6.45) is -1.68. The van der Waals surface area contributed by atoms with E-state index >= 15 is 0 Å². The van der Waals surface area contributed by atoms with Crippen molar-refractivity contribution in [3.63, 3.8) is 0 Å². The number of hydrogen-bond donors (Lipinski definition) is 0. The van der Waals surface area contributed by atoms with Crippen LogP contribution in [0.2, 0.25) is 0 Å². The van der Waals surface area contributed by atoms with Crippen molar-refractivity contribution in [2.45, 2.75) is 65.6 Å². The lowest BCUT2D eigenvalue weighted by Gasteiger charge is -2.14. The number of hydrogen-bond acceptors (Lipinski definition) is 8. The van der Waals surface area contributed by atoms with Gasteiger partial charge in [-0.2, -0.15) is 0 Å². The second kappa shape index (κ2) is 12.3. The quantitative estimate of drug-likeness (QED) is 0.410. The van der Waals surface area contributed by atoms with Crippen LogP contribution in [0.15, 0.2) is 0 Å². The second-order valence-electron chi connectivity index (χ2n) is 5.12. The lowest BCUT2D eigenvalue weighted by atomic mass is 10.2. The SMILES string of the molecule is CCOC(=O)CC(C)OC(=O)CCC(=O)OC(C)CC(=O)OCC. The fraction of sp³-hybridized carbons (Fsp3) is 0.750. The van der Waals surface area contributed by atoms with Crippen molar-refractivity contribution >= 4 is 23.9 Å². The Morgan fingerprint density at radius 1 is 0.667 bits per heavy atom. The number of carbonyl (C=O) groups excluding carboxylic acids is 4. The minimum absolute atomic E-state index is 0.0411. The molecule has 2 atom stereocenters. The molecule has 0 radical (unpaired) electrons. The monoisotopic (exact) mass is 346 g/mol. The Kier molecular flexibility index (Phi) is 11.2. The van der Waals surface area contributed by atoms with E-state index in [0.29, 0.717) is 0 Å². The summed E-state index contributed by atoms with van der Waals surface area (Å²) < 4.78 is 19.5. The number of rotatable bonds is 11. The Hall–Kier alpha value is -2.12. The van der Waals surface area contributed by atoms with Crippen LogP contribution in [-0.2, 0) is 38.1 Å². The van der Waals surface area contributed by atoms with Crippen LogP contribution in [0.3, 0.4) is 0 Å². The normalized spacial score (nSPS) is 12.7. The van der Waals surface area contributed by atoms with Crippen LogP contribution < -0.4 is 0 Å². The first kappa shape index (κ1) is 21.9. The van der Waals surface area contributed by atoms with Gasteiger partial charge in [0.05, 0.1) is 38.9 Å². The zero-order chi connectivity index (χ0) is 18.5. The van der Waals surface area contributed by atoms with Gasteiger partial charge in [0.1, 0.15) is 12.2 Å². The third-order valence-electron chi connectivity index (χ3n) is 2.72. The lowest BCUT2D eigenvalue weighted by molar-refractivity contribution is -0.160. The van der Waals surface area contributed by atoms with Crippen molar-refractivity contribution in [2.24, 2.45) is 0 Å². The summed E-state index contributed by atoms with van der Waals surface area (Å²) in [5.74, 6) is -2.13. The summed E-state index contributed by atoms with van der Waals surface area (Å²) in [5, 5.41) is 0. The van der Waals surface area contributed by atoms with Gasteiger partial charge in [0.25, 0.3) is 0 Å². The van der Waals surface area contributed by atoms with E-state index in [9.17, 15) is 19.2 Å². The highest BCUT2D eigenvalue weighted by Gasteiger charge is 2.18. The molecular formula is C16H26O8. The van der Waals surface area contributed by atoms with E-state index in [1.165, 1.54) is 0 Å². The summed E-state index contributed by atoms with van der Waals surface area (Å²) in [5.41, 5.74) is 0. The largest absolute Gasteiger partial charge is 0.466 e. The predicted molar refractivity (Wildman–Crippen MR) is 82.8 cm³/mol. The summed E-state index contributed by atoms with van der Waals surface area (Å²) in [6, 6.07) is 0. The molecular weight excluding hydrogens is 320 g/mol. The fourth-order valence-corrected chi connectivity index (χ4v) is 1.76. The van der Waals surface area contributed by atoms with Crippen molar-refractivity contribution in [1.29, 1.82) is 0 Å². The van der Waals surface area contributed by atoms with Crippen molar-refractivity contribution in [2.75, 3.05) is 13.2 Å². The van der Waals surface area contributed by atoms with Gasteiger partial charge in [-0.1, -0.05) is 0 Å². The minimum Gasteiger partial charge on any atom is -0.466 e. The Labute approximate surface area is 141 Å². The van der Waals surface area contributed by atoms with E-state index in [1.54, 1.807) is 27.7 Å². The third-order valence-corrected chi connectivity index (χ3v) is 2.72. The number of carbonyl (C=O) groups is 4. The highest BCUT2D eigenvalue weighted by molar-refractivity contribution is 5.78. The molecule has 0 fully saturated rings. The van der Waals surface area contributed by atoms with Crippen LogP contribution in [0.5, 0.6) is 0 Å². The maximum Gasteiger partial charge on any atom is 0.309 e. The van der Waals surface area contributed by atoms with E-state index in [0.717, 1.165) is 0 Å². The van der Waals surface area contributed by atoms with Crippen LogP contribution in [-0.4, -0.2) is 49.3 Å². The van der Waals surface area contributed by atoms with Crippen LogP contribution in [0.4, 0.5) is 0 Å². The Balaban J connectivity index is 3.98. The summed E-state index contributed by atoms with van der Waals surface area (Å²) in [7, 11) is 0. The summed E-state index contributed by atoms with van der Waals surface area (Å²) in [4.78, 5) is 45.6. The van der Waals surface area contributed by atoms with E-state index in [-0.39, 0.29) is 38.9 Å². The van der Waals surface area contributed by atoms with Gasteiger partial charge in [0.2, 0.25) is 0 Å². The highest BCUT2D eigenvalue weighted by Crippen LogP contribution is 2.06. The molecule has 0 aliphatic heterocycles. The van der Waals surface area contributed by atoms with Gasteiger partial charge in [-0.15, -0.1) is 0 Å². The summed E-state index contributed by atoms with van der Waals surface area (Å²) >= 11 is 0. The molecule has 138 valence electrons. The molecule has 0 saturated carbocycles. The van der Waals surface area contributed by atoms with Gasteiger partial charge in [-0.05, 0) is 27.7 Å². The van der Waals surface area contributed by atoms with Gasteiger partial charge < -0.3 is 18.9 Å². The molecule has 0 aromatic heterocycles. The van der Waals surface area contributed by atoms with Crippen LogP contribution in [0.25, 0.3) is 0 Å². The zero-order valence-corrected chi connectivity index (χ0v) is 14.7. The molecule has 0 rings (SSSR count). The number of ether oxygens (including phenoxy) is 4. The predicted octanol–water partition coefficient (Wildman–Crippen LogP) is 1.54. The van der Waals surface area contributed by atoms with Gasteiger partial charge >= 0.3 is 23.9 Å². The Bertz CT molecular complexity index is 392. The van der Waals surface area contributed by atoms with Gasteiger partial charge in [-0.3, -0.25) is 19.2 Å². The topological polar surface area (TPSA) is 105 Å². The molecule has 2 unspecified atom stereocenters. The molecule has 24 heavy (non-hydrogen) atoms.